The molecule has 1 unspecified atom stereocenters. The number of aliphatic hydroxyl groups excluding tert-OH is 1. The Kier molecular flexibility index (Phi) is 2.77. The highest BCUT2D eigenvalue weighted by molar-refractivity contribution is 6.31. The van der Waals surface area contributed by atoms with E-state index in [-0.39, 0.29) is 12.1 Å². The van der Waals surface area contributed by atoms with Gasteiger partial charge in [-0.15, -0.1) is 0 Å². The Morgan fingerprint density at radius 3 is 2.79 bits per heavy atom. The van der Waals surface area contributed by atoms with Crippen LogP contribution in [0.4, 0.5) is 0 Å². The topological polar surface area (TPSA) is 32.3 Å². The molecule has 1 saturated heterocycles. The summed E-state index contributed by atoms with van der Waals surface area (Å²) in [6, 6.07) is 7.72. The van der Waals surface area contributed by atoms with Gasteiger partial charge >= 0.3 is 0 Å². The average Bonchev–Trinajstić information content (AvgIpc) is 2.68. The molecule has 2 nitrogen and oxygen atoms in total. The molecule has 0 aromatic heterocycles. The summed E-state index contributed by atoms with van der Waals surface area (Å²) in [4.78, 5) is 0. The summed E-state index contributed by atoms with van der Waals surface area (Å²) in [6.45, 7) is 1.06. The second-order valence-electron chi connectivity index (χ2n) is 3.75. The van der Waals surface area contributed by atoms with Crippen LogP contribution in [0.3, 0.4) is 0 Å². The number of aliphatic hydroxyl groups is 1. The van der Waals surface area contributed by atoms with Crippen LogP contribution < -0.4 is 5.32 Å². The van der Waals surface area contributed by atoms with Crippen LogP contribution in [0, 0.1) is 0 Å². The van der Waals surface area contributed by atoms with Gasteiger partial charge in [0.15, 0.2) is 0 Å². The molecule has 1 aromatic carbocycles. The fourth-order valence-corrected chi connectivity index (χ4v) is 2.42. The molecule has 1 atom stereocenters. The summed E-state index contributed by atoms with van der Waals surface area (Å²) in [5, 5.41) is 13.5. The normalized spacial score (nSPS) is 26.7. The van der Waals surface area contributed by atoms with E-state index in [4.69, 9.17) is 11.6 Å². The second-order valence-corrected chi connectivity index (χ2v) is 4.16. The fourth-order valence-electron chi connectivity index (χ4n) is 2.11. The van der Waals surface area contributed by atoms with Gasteiger partial charge in [0.1, 0.15) is 0 Å². The maximum Gasteiger partial charge on any atom is 0.0684 e. The molecular formula is C11H14ClNO. The van der Waals surface area contributed by atoms with Gasteiger partial charge in [-0.2, -0.15) is 0 Å². The van der Waals surface area contributed by atoms with Crippen LogP contribution in [0.25, 0.3) is 0 Å². The van der Waals surface area contributed by atoms with E-state index in [1.165, 1.54) is 0 Å². The average molecular weight is 212 g/mol. The Labute approximate surface area is 88.9 Å². The van der Waals surface area contributed by atoms with Crippen molar-refractivity contribution in [3.8, 4) is 0 Å². The SMILES string of the molecule is OCC1(c2ccccc2Cl)CCCN1. The van der Waals surface area contributed by atoms with Crippen LogP contribution in [0.5, 0.6) is 0 Å². The van der Waals surface area contributed by atoms with Gasteiger partial charge in [-0.1, -0.05) is 29.8 Å². The summed E-state index contributed by atoms with van der Waals surface area (Å²) >= 11 is 6.12. The first kappa shape index (κ1) is 9.97. The van der Waals surface area contributed by atoms with Gasteiger partial charge in [0.25, 0.3) is 0 Å². The summed E-state index contributed by atoms with van der Waals surface area (Å²) in [5.74, 6) is 0. The molecule has 1 fully saturated rings. The first-order valence-corrected chi connectivity index (χ1v) is 5.27. The zero-order valence-electron chi connectivity index (χ0n) is 7.96. The fraction of sp³-hybridized carbons (Fsp3) is 0.455. The molecule has 0 aliphatic carbocycles. The predicted molar refractivity (Wildman–Crippen MR) is 57.5 cm³/mol. The van der Waals surface area contributed by atoms with Gasteiger partial charge in [-0.05, 0) is 31.0 Å². The lowest BCUT2D eigenvalue weighted by Gasteiger charge is -2.28. The molecule has 0 bridgehead atoms. The Balaban J connectivity index is 2.41. The van der Waals surface area contributed by atoms with Crippen molar-refractivity contribution in [2.45, 2.75) is 18.4 Å². The molecule has 1 heterocycles. The zero-order valence-corrected chi connectivity index (χ0v) is 8.72. The number of nitrogens with one attached hydrogen (secondary N) is 1. The summed E-state index contributed by atoms with van der Waals surface area (Å²) in [7, 11) is 0. The molecule has 0 saturated carbocycles. The van der Waals surface area contributed by atoms with E-state index in [0.717, 1.165) is 30.0 Å². The molecule has 0 amide bonds. The minimum atomic E-state index is -0.307. The van der Waals surface area contributed by atoms with Crippen molar-refractivity contribution >= 4 is 11.6 Å². The third-order valence-corrected chi connectivity index (χ3v) is 3.23. The van der Waals surface area contributed by atoms with Crippen molar-refractivity contribution in [1.82, 2.24) is 5.32 Å². The standard InChI is InChI=1S/C11H14ClNO/c12-10-5-2-1-4-9(10)11(8-14)6-3-7-13-11/h1-2,4-5,13-14H,3,6-8H2. The van der Waals surface area contributed by atoms with Gasteiger partial charge < -0.3 is 10.4 Å². The number of hydrogen-bond acceptors (Lipinski definition) is 2. The van der Waals surface area contributed by atoms with E-state index in [0.29, 0.717) is 0 Å². The molecule has 1 aliphatic heterocycles. The smallest absolute Gasteiger partial charge is 0.0684 e. The van der Waals surface area contributed by atoms with Crippen LogP contribution >= 0.6 is 11.6 Å². The van der Waals surface area contributed by atoms with Crippen LogP contribution in [-0.4, -0.2) is 18.3 Å². The van der Waals surface area contributed by atoms with Crippen molar-refractivity contribution in [2.75, 3.05) is 13.2 Å². The van der Waals surface area contributed by atoms with Gasteiger partial charge in [0.05, 0.1) is 12.1 Å². The summed E-state index contributed by atoms with van der Waals surface area (Å²) < 4.78 is 0. The lowest BCUT2D eigenvalue weighted by atomic mass is 9.89. The molecular weight excluding hydrogens is 198 g/mol. The summed E-state index contributed by atoms with van der Waals surface area (Å²) in [6.07, 6.45) is 2.04. The Bertz CT molecular complexity index is 321. The minimum absolute atomic E-state index is 0.108. The molecule has 0 radical (unpaired) electrons. The third-order valence-electron chi connectivity index (χ3n) is 2.90. The lowest BCUT2D eigenvalue weighted by Crippen LogP contribution is -2.40. The van der Waals surface area contributed by atoms with Crippen molar-refractivity contribution in [3.05, 3.63) is 34.9 Å². The highest BCUT2D eigenvalue weighted by Crippen LogP contribution is 2.34. The number of hydrogen-bond donors (Lipinski definition) is 2. The van der Waals surface area contributed by atoms with Crippen LogP contribution in [0.2, 0.25) is 5.02 Å². The van der Waals surface area contributed by atoms with Gasteiger partial charge in [-0.25, -0.2) is 0 Å². The number of halogens is 1. The monoisotopic (exact) mass is 211 g/mol. The Morgan fingerprint density at radius 2 is 2.21 bits per heavy atom. The van der Waals surface area contributed by atoms with Crippen LogP contribution in [0.15, 0.2) is 24.3 Å². The number of rotatable bonds is 2. The van der Waals surface area contributed by atoms with E-state index in [9.17, 15) is 5.11 Å². The van der Waals surface area contributed by atoms with E-state index in [1.54, 1.807) is 0 Å². The molecule has 14 heavy (non-hydrogen) atoms. The maximum atomic E-state index is 9.47. The van der Waals surface area contributed by atoms with E-state index in [2.05, 4.69) is 5.32 Å². The van der Waals surface area contributed by atoms with Gasteiger partial charge in [0, 0.05) is 5.02 Å². The molecule has 0 spiro atoms. The highest BCUT2D eigenvalue weighted by Gasteiger charge is 2.35. The van der Waals surface area contributed by atoms with Gasteiger partial charge in [0.2, 0.25) is 0 Å². The van der Waals surface area contributed by atoms with Crippen molar-refractivity contribution in [3.63, 3.8) is 0 Å². The molecule has 1 aliphatic rings. The molecule has 2 N–H and O–H groups in total. The number of benzene rings is 1. The highest BCUT2D eigenvalue weighted by atomic mass is 35.5. The van der Waals surface area contributed by atoms with E-state index < -0.39 is 0 Å². The zero-order chi connectivity index (χ0) is 10.0. The van der Waals surface area contributed by atoms with Crippen molar-refractivity contribution in [2.24, 2.45) is 0 Å². The van der Waals surface area contributed by atoms with Crippen molar-refractivity contribution < 1.29 is 5.11 Å². The molecule has 76 valence electrons. The second kappa shape index (κ2) is 3.89. The summed E-state index contributed by atoms with van der Waals surface area (Å²) in [5.41, 5.74) is 0.708. The predicted octanol–water partition coefficient (Wildman–Crippen LogP) is 1.91. The Morgan fingerprint density at radius 1 is 1.43 bits per heavy atom. The lowest BCUT2D eigenvalue weighted by molar-refractivity contribution is 0.178. The van der Waals surface area contributed by atoms with E-state index in [1.807, 2.05) is 24.3 Å². The third kappa shape index (κ3) is 1.54. The quantitative estimate of drug-likeness (QED) is 0.784. The van der Waals surface area contributed by atoms with Gasteiger partial charge in [-0.3, -0.25) is 0 Å². The first-order chi connectivity index (χ1) is 6.78. The van der Waals surface area contributed by atoms with Crippen LogP contribution in [-0.2, 0) is 5.54 Å². The largest absolute Gasteiger partial charge is 0.394 e. The Hall–Kier alpha value is -0.570. The molecule has 3 heteroatoms. The molecule has 2 rings (SSSR count). The van der Waals surface area contributed by atoms with E-state index >= 15 is 0 Å². The van der Waals surface area contributed by atoms with Crippen LogP contribution in [0.1, 0.15) is 18.4 Å². The minimum Gasteiger partial charge on any atom is -0.394 e. The van der Waals surface area contributed by atoms with Crippen molar-refractivity contribution in [1.29, 1.82) is 0 Å². The molecule has 1 aromatic rings. The first-order valence-electron chi connectivity index (χ1n) is 4.89. The maximum absolute atomic E-state index is 9.47.